The smallest absolute Gasteiger partial charge is 0.270 e. The molecule has 33 heavy (non-hydrogen) atoms. The van der Waals surface area contributed by atoms with Gasteiger partial charge in [0.25, 0.3) is 5.91 Å². The molecule has 2 fully saturated rings. The number of anilines is 1. The molecular weight excluding hydrogens is 447 g/mol. The minimum Gasteiger partial charge on any atom is -0.348 e. The zero-order valence-corrected chi connectivity index (χ0v) is 19.6. The molecule has 0 radical (unpaired) electrons. The number of carbonyl (C=O) groups excluding carboxylic acids is 3. The number of hydrogen-bond donors (Lipinski definition) is 2. The Labute approximate surface area is 197 Å². The summed E-state index contributed by atoms with van der Waals surface area (Å²) < 4.78 is 13.8. The third-order valence-corrected chi connectivity index (χ3v) is 7.22. The Hall–Kier alpha value is -2.74. The Kier molecular flexibility index (Phi) is 6.56. The van der Waals surface area contributed by atoms with Crippen molar-refractivity contribution >= 4 is 34.9 Å². The molecular formula is C24H28ClFN4O3. The van der Waals surface area contributed by atoms with Gasteiger partial charge in [0.2, 0.25) is 5.91 Å². The molecule has 0 atom stereocenters. The van der Waals surface area contributed by atoms with E-state index in [1.165, 1.54) is 12.4 Å². The minimum absolute atomic E-state index is 0.0150. The summed E-state index contributed by atoms with van der Waals surface area (Å²) in [5.41, 5.74) is 0.887. The van der Waals surface area contributed by atoms with Crippen molar-refractivity contribution in [2.45, 2.75) is 64.8 Å². The predicted molar refractivity (Wildman–Crippen MR) is 123 cm³/mol. The molecule has 2 heterocycles. The average Bonchev–Trinajstić information content (AvgIpc) is 3.39. The summed E-state index contributed by atoms with van der Waals surface area (Å²) in [6.45, 7) is 4.09. The molecule has 7 nitrogen and oxygen atoms in total. The number of hydrogen-bond acceptors (Lipinski definition) is 4. The fraction of sp³-hybridized carbons (Fsp3) is 0.500. The van der Waals surface area contributed by atoms with Crippen LogP contribution in [0.3, 0.4) is 0 Å². The highest BCUT2D eigenvalue weighted by Crippen LogP contribution is 2.47. The molecule has 2 amide bonds. The van der Waals surface area contributed by atoms with Gasteiger partial charge < -0.3 is 15.2 Å². The van der Waals surface area contributed by atoms with Crippen molar-refractivity contribution in [1.82, 2.24) is 15.3 Å². The van der Waals surface area contributed by atoms with Gasteiger partial charge in [-0.25, -0.2) is 9.37 Å². The second-order valence-corrected chi connectivity index (χ2v) is 9.49. The lowest BCUT2D eigenvalue weighted by Gasteiger charge is -2.36. The van der Waals surface area contributed by atoms with Crippen molar-refractivity contribution in [2.75, 3.05) is 11.4 Å². The molecule has 0 bridgehead atoms. The number of Topliss-reactive ketones (excluding diaryl/α,β-unsaturated/α-hetero) is 1. The largest absolute Gasteiger partial charge is 0.348 e. The van der Waals surface area contributed by atoms with Gasteiger partial charge >= 0.3 is 0 Å². The molecule has 2 aliphatic rings. The van der Waals surface area contributed by atoms with Crippen LogP contribution in [0, 0.1) is 18.2 Å². The van der Waals surface area contributed by atoms with Crippen LogP contribution in [0.25, 0.3) is 0 Å². The number of nitrogens with one attached hydrogen (secondary N) is 2. The van der Waals surface area contributed by atoms with E-state index in [1.807, 2.05) is 6.92 Å². The molecule has 1 spiro atoms. The van der Waals surface area contributed by atoms with E-state index < -0.39 is 11.2 Å². The van der Waals surface area contributed by atoms with Crippen molar-refractivity contribution in [3.05, 3.63) is 46.3 Å². The van der Waals surface area contributed by atoms with E-state index in [2.05, 4.69) is 15.3 Å². The van der Waals surface area contributed by atoms with E-state index in [0.717, 1.165) is 0 Å². The van der Waals surface area contributed by atoms with Crippen molar-refractivity contribution in [2.24, 2.45) is 5.41 Å². The maximum atomic E-state index is 13.8. The zero-order valence-electron chi connectivity index (χ0n) is 18.8. The third kappa shape index (κ3) is 4.40. The van der Waals surface area contributed by atoms with Crippen LogP contribution in [0.4, 0.5) is 10.1 Å². The van der Waals surface area contributed by atoms with Gasteiger partial charge in [-0.15, -0.1) is 0 Å². The number of rotatable bonds is 6. The Morgan fingerprint density at radius 3 is 2.73 bits per heavy atom. The predicted octanol–water partition coefficient (Wildman–Crippen LogP) is 4.59. The van der Waals surface area contributed by atoms with Gasteiger partial charge in [-0.2, -0.15) is 0 Å². The maximum absolute atomic E-state index is 13.8. The second kappa shape index (κ2) is 9.25. The first kappa shape index (κ1) is 23.4. The lowest BCUT2D eigenvalue weighted by molar-refractivity contribution is -0.127. The second-order valence-electron chi connectivity index (χ2n) is 9.09. The molecule has 1 aromatic heterocycles. The SMILES string of the molecule is CCCC(=O)c1nc[nH]c1C(=O)NC1CCC2(CC1)CCN(c1cc(C)c(F)cc1Cl)C2=O. The molecule has 176 valence electrons. The summed E-state index contributed by atoms with van der Waals surface area (Å²) >= 11 is 6.24. The number of aryl methyl sites for hydroxylation is 1. The Morgan fingerprint density at radius 1 is 1.30 bits per heavy atom. The van der Waals surface area contributed by atoms with Crippen LogP contribution >= 0.6 is 11.6 Å². The van der Waals surface area contributed by atoms with Gasteiger partial charge in [-0.1, -0.05) is 18.5 Å². The van der Waals surface area contributed by atoms with E-state index in [9.17, 15) is 18.8 Å². The molecule has 1 aliphatic heterocycles. The normalized spacial score (nSPS) is 22.7. The summed E-state index contributed by atoms with van der Waals surface area (Å²) in [4.78, 5) is 46.8. The lowest BCUT2D eigenvalue weighted by atomic mass is 9.71. The summed E-state index contributed by atoms with van der Waals surface area (Å²) in [5.74, 6) is -0.877. The van der Waals surface area contributed by atoms with Crippen molar-refractivity contribution < 1.29 is 18.8 Å². The number of ketones is 1. The van der Waals surface area contributed by atoms with Crippen LogP contribution in [0.1, 0.15) is 78.4 Å². The number of aromatic nitrogens is 2. The van der Waals surface area contributed by atoms with Crippen LogP contribution in [-0.4, -0.2) is 40.2 Å². The van der Waals surface area contributed by atoms with Gasteiger partial charge in [0.05, 0.1) is 22.5 Å². The summed E-state index contributed by atoms with van der Waals surface area (Å²) in [7, 11) is 0. The molecule has 0 unspecified atom stereocenters. The number of aromatic amines is 1. The lowest BCUT2D eigenvalue weighted by Crippen LogP contribution is -2.44. The molecule has 1 saturated heterocycles. The molecule has 1 saturated carbocycles. The molecule has 4 rings (SSSR count). The number of halogens is 2. The van der Waals surface area contributed by atoms with Crippen LogP contribution in [0.2, 0.25) is 5.02 Å². The van der Waals surface area contributed by atoms with E-state index in [-0.39, 0.29) is 40.0 Å². The molecule has 2 aromatic rings. The van der Waals surface area contributed by atoms with E-state index in [0.29, 0.717) is 62.7 Å². The van der Waals surface area contributed by atoms with Gasteiger partial charge in [-0.3, -0.25) is 14.4 Å². The van der Waals surface area contributed by atoms with E-state index in [1.54, 1.807) is 17.9 Å². The van der Waals surface area contributed by atoms with E-state index >= 15 is 0 Å². The quantitative estimate of drug-likeness (QED) is 0.598. The number of imidazole rings is 1. The third-order valence-electron chi connectivity index (χ3n) is 6.92. The Morgan fingerprint density at radius 2 is 2.03 bits per heavy atom. The fourth-order valence-corrected chi connectivity index (χ4v) is 5.21. The zero-order chi connectivity index (χ0) is 23.8. The molecule has 1 aromatic carbocycles. The van der Waals surface area contributed by atoms with E-state index in [4.69, 9.17) is 11.6 Å². The van der Waals surface area contributed by atoms with Crippen molar-refractivity contribution in [3.8, 4) is 0 Å². The molecule has 1 aliphatic carbocycles. The first-order valence-corrected chi connectivity index (χ1v) is 11.8. The van der Waals surface area contributed by atoms with Gasteiger partial charge in [0, 0.05) is 19.0 Å². The number of benzene rings is 1. The summed E-state index contributed by atoms with van der Waals surface area (Å²) in [6.07, 6.45) is 5.71. The number of carbonyl (C=O) groups is 3. The topological polar surface area (TPSA) is 95.2 Å². The van der Waals surface area contributed by atoms with Crippen molar-refractivity contribution in [1.29, 1.82) is 0 Å². The number of H-pyrrole nitrogens is 1. The number of nitrogens with zero attached hydrogens (tertiary/aromatic N) is 2. The van der Waals surface area contributed by atoms with Gasteiger partial charge in [0.15, 0.2) is 5.78 Å². The monoisotopic (exact) mass is 474 g/mol. The number of amides is 2. The van der Waals surface area contributed by atoms with Crippen LogP contribution < -0.4 is 10.2 Å². The fourth-order valence-electron chi connectivity index (χ4n) is 4.96. The summed E-state index contributed by atoms with van der Waals surface area (Å²) in [5, 5.41) is 3.23. The summed E-state index contributed by atoms with van der Waals surface area (Å²) in [6, 6.07) is 2.80. The highest BCUT2D eigenvalue weighted by atomic mass is 35.5. The highest BCUT2D eigenvalue weighted by Gasteiger charge is 2.49. The van der Waals surface area contributed by atoms with Crippen molar-refractivity contribution in [3.63, 3.8) is 0 Å². The van der Waals surface area contributed by atoms with Gasteiger partial charge in [0.1, 0.15) is 17.2 Å². The van der Waals surface area contributed by atoms with Crippen LogP contribution in [0.15, 0.2) is 18.5 Å². The van der Waals surface area contributed by atoms with Gasteiger partial charge in [-0.05, 0) is 63.1 Å². The first-order chi connectivity index (χ1) is 15.8. The maximum Gasteiger partial charge on any atom is 0.270 e. The average molecular weight is 475 g/mol. The molecule has 9 heteroatoms. The first-order valence-electron chi connectivity index (χ1n) is 11.4. The van der Waals surface area contributed by atoms with Crippen LogP contribution in [0.5, 0.6) is 0 Å². The minimum atomic E-state index is -0.483. The standard InChI is InChI=1S/C24H28ClFN4O3/c1-3-4-19(31)20-21(28-13-27-20)22(32)29-15-5-7-24(8-6-15)9-10-30(23(24)33)18-11-14(2)17(26)12-16(18)25/h11-13,15H,3-10H2,1-2H3,(H,27,28)(H,29,32). The van der Waals surface area contributed by atoms with Crippen LogP contribution in [-0.2, 0) is 4.79 Å². The Balaban J connectivity index is 1.40. The molecule has 2 N–H and O–H groups in total. The Bertz CT molecular complexity index is 1090. The highest BCUT2D eigenvalue weighted by molar-refractivity contribution is 6.34.